The summed E-state index contributed by atoms with van der Waals surface area (Å²) in [6, 6.07) is 29.2. The fraction of sp³-hybridized carbons (Fsp3) is 0.185. The summed E-state index contributed by atoms with van der Waals surface area (Å²) >= 11 is 0. The first-order valence-corrected chi connectivity index (χ1v) is 11.8. The van der Waals surface area contributed by atoms with Gasteiger partial charge in [-0.2, -0.15) is 0 Å². The second-order valence-electron chi connectivity index (χ2n) is 9.56. The van der Waals surface area contributed by atoms with Gasteiger partial charge in [-0.15, -0.1) is 0 Å². The van der Waals surface area contributed by atoms with Crippen LogP contribution in [0.2, 0.25) is 0 Å². The Hall–Kier alpha value is -3.24. The minimum atomic E-state index is -0.387. The van der Waals surface area contributed by atoms with Crippen molar-refractivity contribution in [1.29, 1.82) is 0 Å². The van der Waals surface area contributed by atoms with E-state index in [4.69, 9.17) is 9.97 Å². The Labute approximate surface area is 228 Å². The monoisotopic (exact) mass is 651 g/mol. The molecule has 180 valence electrons. The molecule has 0 atom stereocenters. The number of nitrogens with zero attached hydrogens (tertiary/aromatic N) is 6. The number of aromatic nitrogens is 2. The van der Waals surface area contributed by atoms with Crippen LogP contribution in [0.5, 0.6) is 0 Å². The summed E-state index contributed by atoms with van der Waals surface area (Å²) in [4.78, 5) is 18.8. The molecule has 0 spiro atoms. The molecule has 0 unspecified atom stereocenters. The summed E-state index contributed by atoms with van der Waals surface area (Å²) in [6.45, 7) is 4.37. The molecule has 6 nitrogen and oxygen atoms in total. The summed E-state index contributed by atoms with van der Waals surface area (Å²) in [7, 11) is 8.29. The topological polar surface area (TPSA) is 38.7 Å². The molecule has 2 radical (unpaired) electrons. The Balaban J connectivity index is 0.00000267. The van der Waals surface area contributed by atoms with E-state index < -0.39 is 0 Å². The van der Waals surface area contributed by atoms with Gasteiger partial charge in [-0.1, -0.05) is 36.4 Å². The second kappa shape index (κ2) is 9.33. The van der Waals surface area contributed by atoms with Crippen molar-refractivity contribution < 1.29 is 21.1 Å². The van der Waals surface area contributed by atoms with Gasteiger partial charge in [0.25, 0.3) is 0 Å². The van der Waals surface area contributed by atoms with Crippen LogP contribution in [0.25, 0.3) is 0 Å². The van der Waals surface area contributed by atoms with Crippen molar-refractivity contribution in [1.82, 2.24) is 9.97 Å². The molecule has 2 aromatic carbocycles. The third-order valence-corrected chi connectivity index (χ3v) is 6.86. The zero-order valence-corrected chi connectivity index (χ0v) is 23.0. The fourth-order valence-corrected chi connectivity index (χ4v) is 4.83. The Kier molecular flexibility index (Phi) is 6.33. The normalized spacial score (nSPS) is 14.1. The Morgan fingerprint density at radius 3 is 1.36 bits per heavy atom. The van der Waals surface area contributed by atoms with Gasteiger partial charge in [-0.3, -0.25) is 0 Å². The molecule has 9 heteroatoms. The van der Waals surface area contributed by atoms with Crippen molar-refractivity contribution in [2.75, 3.05) is 33.3 Å². The molecular weight excluding hydrogens is 625 g/mol. The van der Waals surface area contributed by atoms with Crippen molar-refractivity contribution in [2.45, 2.75) is 19.3 Å². The Morgan fingerprint density at radius 2 is 0.944 bits per heavy atom. The number of para-hydroxylation sites is 4. The van der Waals surface area contributed by atoms with Crippen LogP contribution in [0.3, 0.4) is 0 Å². The van der Waals surface area contributed by atoms with E-state index in [-0.39, 0.29) is 26.5 Å². The summed E-state index contributed by atoms with van der Waals surface area (Å²) in [5.74, 6) is 1.79. The van der Waals surface area contributed by atoms with Crippen LogP contribution in [-0.4, -0.2) is 39.2 Å². The number of hydrogen-bond donors (Lipinski definition) is 0. The maximum atomic E-state index is 5.11. The van der Waals surface area contributed by atoms with E-state index in [9.17, 15) is 0 Å². The molecule has 0 saturated carbocycles. The summed E-state index contributed by atoms with van der Waals surface area (Å²) < 4.78 is 0. The van der Waals surface area contributed by atoms with E-state index in [1.54, 1.807) is 0 Å². The summed E-state index contributed by atoms with van der Waals surface area (Å²) in [5, 5.41) is 0. The fourth-order valence-electron chi connectivity index (χ4n) is 4.83. The first kappa shape index (κ1) is 24.5. The van der Waals surface area contributed by atoms with Gasteiger partial charge < -0.3 is 19.2 Å². The van der Waals surface area contributed by atoms with E-state index in [2.05, 4.69) is 147 Å². The third-order valence-electron chi connectivity index (χ3n) is 6.86. The molecule has 0 saturated heterocycles. The molecule has 6 rings (SSSR count). The third kappa shape index (κ3) is 3.98. The Bertz CT molecular complexity index is 1310. The largest absolute Gasteiger partial charge is 0.400 e. The second-order valence-corrected chi connectivity index (χ2v) is 9.56. The molecule has 0 amide bonds. The molecule has 4 aromatic rings. The van der Waals surface area contributed by atoms with Gasteiger partial charge in [0.05, 0.1) is 22.8 Å². The van der Waals surface area contributed by atoms with E-state index in [0.717, 1.165) is 34.4 Å². The molecule has 0 aliphatic carbocycles. The number of hydrogen-bond acceptors (Lipinski definition) is 6. The molecule has 0 fully saturated rings. The predicted octanol–water partition coefficient (Wildman–Crippen LogP) is 5.04. The van der Waals surface area contributed by atoms with Gasteiger partial charge in [0.2, 0.25) is 0 Å². The number of rotatable bonds is 4. The minimum absolute atomic E-state index is 0. The van der Waals surface area contributed by atoms with Gasteiger partial charge in [0.15, 0.2) is 0 Å². The van der Waals surface area contributed by atoms with Crippen molar-refractivity contribution in [3.63, 3.8) is 0 Å². The SMILES string of the molecule is CN1[B]N(c2cccc(C(C)(C)c3cccc(N4[B]N(C)c5ccccc54)n3)n2)c2ccccc21.[Pt]. The maximum Gasteiger partial charge on any atom is 0.397 e. The summed E-state index contributed by atoms with van der Waals surface area (Å²) in [6.07, 6.45) is 0. The van der Waals surface area contributed by atoms with Gasteiger partial charge >= 0.3 is 15.1 Å². The van der Waals surface area contributed by atoms with Crippen LogP contribution in [0.15, 0.2) is 84.9 Å². The van der Waals surface area contributed by atoms with Gasteiger partial charge in [0, 0.05) is 37.9 Å². The number of anilines is 6. The van der Waals surface area contributed by atoms with E-state index >= 15 is 0 Å². The summed E-state index contributed by atoms with van der Waals surface area (Å²) in [5.41, 5.74) is 6.16. The van der Waals surface area contributed by atoms with Crippen molar-refractivity contribution in [3.8, 4) is 0 Å². The van der Waals surface area contributed by atoms with Gasteiger partial charge in [-0.25, -0.2) is 9.97 Å². The molecule has 36 heavy (non-hydrogen) atoms. The van der Waals surface area contributed by atoms with Gasteiger partial charge in [-0.05, 0) is 76.5 Å². The van der Waals surface area contributed by atoms with Crippen LogP contribution >= 0.6 is 0 Å². The van der Waals surface area contributed by atoms with Crippen LogP contribution in [0, 0.1) is 0 Å². The molecule has 0 bridgehead atoms. The quantitative estimate of drug-likeness (QED) is 0.288. The van der Waals surface area contributed by atoms with E-state index in [0.29, 0.717) is 0 Å². The van der Waals surface area contributed by atoms with Crippen LogP contribution in [-0.2, 0) is 26.5 Å². The Morgan fingerprint density at radius 1 is 0.556 bits per heavy atom. The van der Waals surface area contributed by atoms with E-state index in [1.165, 1.54) is 11.4 Å². The van der Waals surface area contributed by atoms with Crippen LogP contribution < -0.4 is 19.2 Å². The molecule has 2 aromatic heterocycles. The molecular formula is C27H26B2N6Pt. The molecule has 2 aliphatic heterocycles. The zero-order chi connectivity index (χ0) is 24.2. The van der Waals surface area contributed by atoms with Crippen LogP contribution in [0.1, 0.15) is 25.2 Å². The molecule has 2 aliphatic rings. The van der Waals surface area contributed by atoms with Crippen molar-refractivity contribution >= 4 is 49.5 Å². The molecule has 0 N–H and O–H groups in total. The maximum absolute atomic E-state index is 5.11. The van der Waals surface area contributed by atoms with Crippen molar-refractivity contribution in [3.05, 3.63) is 96.3 Å². The minimum Gasteiger partial charge on any atom is -0.400 e. The van der Waals surface area contributed by atoms with Crippen LogP contribution in [0.4, 0.5) is 34.4 Å². The van der Waals surface area contributed by atoms with E-state index in [1.807, 2.05) is 0 Å². The van der Waals surface area contributed by atoms with Gasteiger partial charge in [0.1, 0.15) is 11.6 Å². The van der Waals surface area contributed by atoms with Crippen molar-refractivity contribution in [2.24, 2.45) is 0 Å². The predicted molar refractivity (Wildman–Crippen MR) is 146 cm³/mol. The number of benzene rings is 2. The standard InChI is InChI=1S/C27H26B2N6.Pt/c1-27(2,23-15-9-17-25(30-23)34-21-13-7-5-11-19(21)32(3)28-34)24-16-10-18-26(31-24)35-22-14-8-6-12-20(22)33(4)29-35;/h5-18H,1-4H3;. The number of fused-ring (bicyclic) bond motifs is 2. The first-order chi connectivity index (χ1) is 16.9. The zero-order valence-electron chi connectivity index (χ0n) is 20.7. The average Bonchev–Trinajstić information content (AvgIpc) is 3.41. The first-order valence-electron chi connectivity index (χ1n) is 11.8. The average molecular weight is 651 g/mol. The molecule has 4 heterocycles. The smallest absolute Gasteiger partial charge is 0.397 e. The number of pyridine rings is 2.